The second-order valence-electron chi connectivity index (χ2n) is 5.45. The number of hydrogen-bond acceptors (Lipinski definition) is 2. The standard InChI is InChI=1S/C18H24N2/c1-4-10-19-18(17-12-15(3)9-11-20-17)13-16-7-5-14(2)6-8-16/h5-9,11-12,18-19H,4,10,13H2,1-3H3. The summed E-state index contributed by atoms with van der Waals surface area (Å²) in [7, 11) is 0. The van der Waals surface area contributed by atoms with Crippen molar-refractivity contribution in [3.05, 3.63) is 65.0 Å². The van der Waals surface area contributed by atoms with Gasteiger partial charge in [-0.1, -0.05) is 36.8 Å². The fourth-order valence-corrected chi connectivity index (χ4v) is 2.31. The largest absolute Gasteiger partial charge is 0.308 e. The molecule has 2 nitrogen and oxygen atoms in total. The van der Waals surface area contributed by atoms with Crippen molar-refractivity contribution in [2.24, 2.45) is 0 Å². The summed E-state index contributed by atoms with van der Waals surface area (Å²) in [5.41, 5.74) is 5.06. The molecule has 1 N–H and O–H groups in total. The minimum Gasteiger partial charge on any atom is -0.308 e. The third kappa shape index (κ3) is 4.17. The Hall–Kier alpha value is -1.67. The van der Waals surface area contributed by atoms with Gasteiger partial charge in [0.25, 0.3) is 0 Å². The Balaban J connectivity index is 2.16. The molecule has 2 heteroatoms. The highest BCUT2D eigenvalue weighted by atomic mass is 14.9. The molecule has 0 saturated carbocycles. The average Bonchev–Trinajstić information content (AvgIpc) is 2.45. The van der Waals surface area contributed by atoms with E-state index in [2.05, 4.69) is 61.4 Å². The number of rotatable bonds is 6. The molecule has 2 aromatic rings. The molecule has 0 aliphatic carbocycles. The Bertz CT molecular complexity index is 531. The Morgan fingerprint density at radius 1 is 1.05 bits per heavy atom. The van der Waals surface area contributed by atoms with Crippen molar-refractivity contribution in [3.8, 4) is 0 Å². The van der Waals surface area contributed by atoms with E-state index in [1.165, 1.54) is 16.7 Å². The van der Waals surface area contributed by atoms with Crippen molar-refractivity contribution in [1.82, 2.24) is 10.3 Å². The lowest BCUT2D eigenvalue weighted by atomic mass is 10.0. The SMILES string of the molecule is CCCNC(Cc1ccc(C)cc1)c1cc(C)ccn1. The zero-order valence-corrected chi connectivity index (χ0v) is 12.7. The van der Waals surface area contributed by atoms with Crippen LogP contribution in [0.1, 0.15) is 41.8 Å². The third-order valence-electron chi connectivity index (χ3n) is 3.49. The van der Waals surface area contributed by atoms with Crippen LogP contribution in [0.4, 0.5) is 0 Å². The highest BCUT2D eigenvalue weighted by molar-refractivity contribution is 5.25. The minimum absolute atomic E-state index is 0.289. The van der Waals surface area contributed by atoms with Crippen LogP contribution in [0, 0.1) is 13.8 Å². The van der Waals surface area contributed by atoms with Crippen LogP contribution in [0.3, 0.4) is 0 Å². The van der Waals surface area contributed by atoms with Crippen LogP contribution in [0.2, 0.25) is 0 Å². The first kappa shape index (κ1) is 14.7. The van der Waals surface area contributed by atoms with E-state index in [1.807, 2.05) is 12.3 Å². The van der Waals surface area contributed by atoms with Crippen LogP contribution < -0.4 is 5.32 Å². The van der Waals surface area contributed by atoms with Crippen molar-refractivity contribution in [3.63, 3.8) is 0 Å². The molecule has 0 aliphatic rings. The molecular formula is C18H24N2. The maximum atomic E-state index is 4.54. The molecule has 0 amide bonds. The van der Waals surface area contributed by atoms with Gasteiger partial charge in [-0.15, -0.1) is 0 Å². The predicted octanol–water partition coefficient (Wildman–Crippen LogP) is 3.98. The monoisotopic (exact) mass is 268 g/mol. The number of nitrogens with zero attached hydrogens (tertiary/aromatic N) is 1. The first-order valence-corrected chi connectivity index (χ1v) is 7.40. The minimum atomic E-state index is 0.289. The first-order valence-electron chi connectivity index (χ1n) is 7.40. The molecule has 2 rings (SSSR count). The third-order valence-corrected chi connectivity index (χ3v) is 3.49. The second-order valence-corrected chi connectivity index (χ2v) is 5.45. The predicted molar refractivity (Wildman–Crippen MR) is 84.9 cm³/mol. The summed E-state index contributed by atoms with van der Waals surface area (Å²) in [6.45, 7) is 7.46. The molecule has 20 heavy (non-hydrogen) atoms. The average molecular weight is 268 g/mol. The first-order chi connectivity index (χ1) is 9.69. The lowest BCUT2D eigenvalue weighted by molar-refractivity contribution is 0.517. The summed E-state index contributed by atoms with van der Waals surface area (Å²) >= 11 is 0. The Morgan fingerprint density at radius 2 is 1.80 bits per heavy atom. The fourth-order valence-electron chi connectivity index (χ4n) is 2.31. The summed E-state index contributed by atoms with van der Waals surface area (Å²) in [4.78, 5) is 4.54. The van der Waals surface area contributed by atoms with Gasteiger partial charge in [-0.2, -0.15) is 0 Å². The van der Waals surface area contributed by atoms with E-state index >= 15 is 0 Å². The summed E-state index contributed by atoms with van der Waals surface area (Å²) in [6.07, 6.45) is 4.02. The topological polar surface area (TPSA) is 24.9 Å². The fraction of sp³-hybridized carbons (Fsp3) is 0.389. The van der Waals surface area contributed by atoms with E-state index in [4.69, 9.17) is 0 Å². The van der Waals surface area contributed by atoms with Gasteiger partial charge in [-0.25, -0.2) is 0 Å². The van der Waals surface area contributed by atoms with E-state index in [-0.39, 0.29) is 6.04 Å². The highest BCUT2D eigenvalue weighted by Crippen LogP contribution is 2.18. The summed E-state index contributed by atoms with van der Waals surface area (Å²) in [6, 6.07) is 13.3. The molecule has 106 valence electrons. The number of aryl methyl sites for hydroxylation is 2. The van der Waals surface area contributed by atoms with Gasteiger partial charge < -0.3 is 5.32 Å². The van der Waals surface area contributed by atoms with Gasteiger partial charge in [0.2, 0.25) is 0 Å². The van der Waals surface area contributed by atoms with Crippen molar-refractivity contribution in [1.29, 1.82) is 0 Å². The van der Waals surface area contributed by atoms with E-state index in [1.54, 1.807) is 0 Å². The molecule has 1 aromatic heterocycles. The van der Waals surface area contributed by atoms with Crippen molar-refractivity contribution >= 4 is 0 Å². The van der Waals surface area contributed by atoms with Gasteiger partial charge in [0.05, 0.1) is 11.7 Å². The van der Waals surface area contributed by atoms with E-state index in [9.17, 15) is 0 Å². The highest BCUT2D eigenvalue weighted by Gasteiger charge is 2.13. The Labute approximate surface area is 122 Å². The Morgan fingerprint density at radius 3 is 2.45 bits per heavy atom. The number of pyridine rings is 1. The molecule has 1 aromatic carbocycles. The zero-order chi connectivity index (χ0) is 14.4. The number of aromatic nitrogens is 1. The molecular weight excluding hydrogens is 244 g/mol. The van der Waals surface area contributed by atoms with Crippen LogP contribution in [-0.2, 0) is 6.42 Å². The van der Waals surface area contributed by atoms with E-state index < -0.39 is 0 Å². The van der Waals surface area contributed by atoms with Crippen LogP contribution >= 0.6 is 0 Å². The summed E-state index contributed by atoms with van der Waals surface area (Å²) in [5, 5.41) is 3.61. The van der Waals surface area contributed by atoms with Crippen LogP contribution in [0.5, 0.6) is 0 Å². The van der Waals surface area contributed by atoms with Crippen molar-refractivity contribution in [2.45, 2.75) is 39.7 Å². The quantitative estimate of drug-likeness (QED) is 0.857. The van der Waals surface area contributed by atoms with Crippen LogP contribution in [-0.4, -0.2) is 11.5 Å². The van der Waals surface area contributed by atoms with Gasteiger partial charge in [-0.3, -0.25) is 4.98 Å². The maximum Gasteiger partial charge on any atom is 0.0579 e. The van der Waals surface area contributed by atoms with Crippen LogP contribution in [0.25, 0.3) is 0 Å². The maximum absolute atomic E-state index is 4.54. The molecule has 1 unspecified atom stereocenters. The Kier molecular flexibility index (Phi) is 5.31. The van der Waals surface area contributed by atoms with Gasteiger partial charge in [0.15, 0.2) is 0 Å². The van der Waals surface area contributed by atoms with Gasteiger partial charge in [-0.05, 0) is 56.5 Å². The van der Waals surface area contributed by atoms with Crippen molar-refractivity contribution in [2.75, 3.05) is 6.54 Å². The van der Waals surface area contributed by atoms with Crippen molar-refractivity contribution < 1.29 is 0 Å². The molecule has 0 aliphatic heterocycles. The number of hydrogen-bond donors (Lipinski definition) is 1. The number of benzene rings is 1. The normalized spacial score (nSPS) is 12.3. The molecule has 0 saturated heterocycles. The molecule has 0 radical (unpaired) electrons. The van der Waals surface area contributed by atoms with E-state index in [0.29, 0.717) is 0 Å². The lowest BCUT2D eigenvalue weighted by Gasteiger charge is -2.18. The smallest absolute Gasteiger partial charge is 0.0579 e. The molecule has 1 heterocycles. The molecule has 0 bridgehead atoms. The molecule has 1 atom stereocenters. The zero-order valence-electron chi connectivity index (χ0n) is 12.7. The van der Waals surface area contributed by atoms with Gasteiger partial charge in [0, 0.05) is 6.20 Å². The summed E-state index contributed by atoms with van der Waals surface area (Å²) in [5.74, 6) is 0. The second kappa shape index (κ2) is 7.20. The molecule has 0 spiro atoms. The lowest BCUT2D eigenvalue weighted by Crippen LogP contribution is -2.25. The number of nitrogens with one attached hydrogen (secondary N) is 1. The summed E-state index contributed by atoms with van der Waals surface area (Å²) < 4.78 is 0. The molecule has 0 fully saturated rings. The van der Waals surface area contributed by atoms with E-state index in [0.717, 1.165) is 25.1 Å². The van der Waals surface area contributed by atoms with Crippen LogP contribution in [0.15, 0.2) is 42.6 Å². The van der Waals surface area contributed by atoms with Gasteiger partial charge >= 0.3 is 0 Å². The van der Waals surface area contributed by atoms with Gasteiger partial charge in [0.1, 0.15) is 0 Å².